The second-order valence-corrected chi connectivity index (χ2v) is 3.62. The number of hydrogen-bond acceptors (Lipinski definition) is 1. The van der Waals surface area contributed by atoms with Crippen LogP contribution in [0.1, 0.15) is 18.6 Å². The van der Waals surface area contributed by atoms with Crippen molar-refractivity contribution in [2.24, 2.45) is 0 Å². The first-order chi connectivity index (χ1) is 6.24. The van der Waals surface area contributed by atoms with Crippen molar-refractivity contribution in [2.75, 3.05) is 6.61 Å². The molecule has 1 atom stereocenters. The van der Waals surface area contributed by atoms with Crippen LogP contribution in [0.4, 0.5) is 0 Å². The molecular formula is C11H11BrO. The Morgan fingerprint density at radius 1 is 1.46 bits per heavy atom. The Morgan fingerprint density at radius 2 is 2.08 bits per heavy atom. The molecule has 0 aliphatic carbocycles. The van der Waals surface area contributed by atoms with Gasteiger partial charge in [0, 0.05) is 4.47 Å². The Labute approximate surface area is 87.2 Å². The Kier molecular flexibility index (Phi) is 4.01. The first-order valence-corrected chi connectivity index (χ1v) is 4.84. The molecule has 0 aliphatic rings. The molecule has 68 valence electrons. The number of ether oxygens (including phenoxy) is 1. The molecule has 0 unspecified atom stereocenters. The van der Waals surface area contributed by atoms with Crippen LogP contribution in [0.2, 0.25) is 0 Å². The highest BCUT2D eigenvalue weighted by molar-refractivity contribution is 9.10. The lowest BCUT2D eigenvalue weighted by molar-refractivity contribution is 0.0926. The van der Waals surface area contributed by atoms with E-state index in [9.17, 15) is 0 Å². The van der Waals surface area contributed by atoms with Crippen molar-refractivity contribution in [2.45, 2.75) is 13.0 Å². The van der Waals surface area contributed by atoms with Gasteiger partial charge in [0.15, 0.2) is 0 Å². The maximum absolute atomic E-state index is 5.37. The minimum atomic E-state index is 0.0594. The topological polar surface area (TPSA) is 9.23 Å². The summed E-state index contributed by atoms with van der Waals surface area (Å²) in [6.45, 7) is 2.35. The molecule has 1 nitrogen and oxygen atoms in total. The van der Waals surface area contributed by atoms with Crippen LogP contribution in [0.3, 0.4) is 0 Å². The van der Waals surface area contributed by atoms with Gasteiger partial charge in [0.1, 0.15) is 6.61 Å². The first-order valence-electron chi connectivity index (χ1n) is 4.04. The second kappa shape index (κ2) is 5.06. The Balaban J connectivity index is 2.62. The van der Waals surface area contributed by atoms with Gasteiger partial charge in [-0.3, -0.25) is 0 Å². The normalized spacial score (nSPS) is 12.1. The predicted molar refractivity (Wildman–Crippen MR) is 57.3 cm³/mol. The van der Waals surface area contributed by atoms with Gasteiger partial charge in [-0.25, -0.2) is 0 Å². The van der Waals surface area contributed by atoms with E-state index in [0.717, 1.165) is 10.0 Å². The maximum Gasteiger partial charge on any atom is 0.108 e. The van der Waals surface area contributed by atoms with Crippen molar-refractivity contribution in [1.82, 2.24) is 0 Å². The van der Waals surface area contributed by atoms with Crippen LogP contribution in [0.5, 0.6) is 0 Å². The highest BCUT2D eigenvalue weighted by Crippen LogP contribution is 2.18. The second-order valence-electron chi connectivity index (χ2n) is 2.71. The average molecular weight is 239 g/mol. The fourth-order valence-corrected chi connectivity index (χ4v) is 1.27. The van der Waals surface area contributed by atoms with Crippen LogP contribution in [0.15, 0.2) is 28.7 Å². The molecule has 0 fully saturated rings. The summed E-state index contributed by atoms with van der Waals surface area (Å²) < 4.78 is 6.44. The number of rotatable bonds is 3. The van der Waals surface area contributed by atoms with Crippen molar-refractivity contribution < 1.29 is 4.74 Å². The van der Waals surface area contributed by atoms with Gasteiger partial charge >= 0.3 is 0 Å². The molecule has 0 aliphatic heterocycles. The number of benzene rings is 1. The summed E-state index contributed by atoms with van der Waals surface area (Å²) in [5, 5.41) is 0. The molecule has 0 amide bonds. The molecule has 0 heterocycles. The highest BCUT2D eigenvalue weighted by Gasteiger charge is 2.03. The van der Waals surface area contributed by atoms with Crippen molar-refractivity contribution in [3.8, 4) is 12.3 Å². The largest absolute Gasteiger partial charge is 0.361 e. The van der Waals surface area contributed by atoms with Gasteiger partial charge in [-0.2, -0.15) is 0 Å². The van der Waals surface area contributed by atoms with Crippen LogP contribution < -0.4 is 0 Å². The average Bonchev–Trinajstić information content (AvgIpc) is 2.15. The third kappa shape index (κ3) is 3.22. The smallest absolute Gasteiger partial charge is 0.108 e. The van der Waals surface area contributed by atoms with Gasteiger partial charge in [-0.15, -0.1) is 6.42 Å². The molecule has 13 heavy (non-hydrogen) atoms. The van der Waals surface area contributed by atoms with E-state index >= 15 is 0 Å². The van der Waals surface area contributed by atoms with Crippen LogP contribution in [-0.2, 0) is 4.74 Å². The zero-order valence-electron chi connectivity index (χ0n) is 7.46. The van der Waals surface area contributed by atoms with E-state index in [1.807, 2.05) is 31.2 Å². The molecule has 0 saturated carbocycles. The summed E-state index contributed by atoms with van der Waals surface area (Å²) >= 11 is 3.37. The third-order valence-electron chi connectivity index (χ3n) is 1.76. The molecule has 1 aromatic rings. The van der Waals surface area contributed by atoms with E-state index in [2.05, 4.69) is 21.9 Å². The van der Waals surface area contributed by atoms with E-state index in [1.54, 1.807) is 0 Å². The van der Waals surface area contributed by atoms with Crippen LogP contribution in [0, 0.1) is 12.3 Å². The summed E-state index contributed by atoms with van der Waals surface area (Å²) in [7, 11) is 0. The zero-order valence-corrected chi connectivity index (χ0v) is 9.04. The molecule has 0 radical (unpaired) electrons. The van der Waals surface area contributed by atoms with E-state index in [0.29, 0.717) is 6.61 Å². The minimum absolute atomic E-state index is 0.0594. The van der Waals surface area contributed by atoms with Gasteiger partial charge in [-0.1, -0.05) is 34.0 Å². The number of halogens is 1. The van der Waals surface area contributed by atoms with Crippen molar-refractivity contribution in [1.29, 1.82) is 0 Å². The summed E-state index contributed by atoms with van der Waals surface area (Å²) in [5.41, 5.74) is 1.14. The summed E-state index contributed by atoms with van der Waals surface area (Å²) in [6, 6.07) is 8.02. The molecule has 1 rings (SSSR count). The molecule has 0 aromatic heterocycles. The van der Waals surface area contributed by atoms with Gasteiger partial charge in [0.2, 0.25) is 0 Å². The van der Waals surface area contributed by atoms with Crippen molar-refractivity contribution in [3.63, 3.8) is 0 Å². The van der Waals surface area contributed by atoms with Crippen LogP contribution >= 0.6 is 15.9 Å². The molecular weight excluding hydrogens is 228 g/mol. The molecule has 0 saturated heterocycles. The highest BCUT2D eigenvalue weighted by atomic mass is 79.9. The lowest BCUT2D eigenvalue weighted by Gasteiger charge is -2.10. The summed E-state index contributed by atoms with van der Waals surface area (Å²) in [4.78, 5) is 0. The Hall–Kier alpha value is -0.780. The summed E-state index contributed by atoms with van der Waals surface area (Å²) in [6.07, 6.45) is 5.16. The standard InChI is InChI=1S/C11H11BrO/c1-3-8-13-9(2)10-4-6-11(12)7-5-10/h1,4-7,9H,8H2,2H3/t9-/m1/s1. The molecule has 2 heteroatoms. The lowest BCUT2D eigenvalue weighted by Crippen LogP contribution is -1.99. The fraction of sp³-hybridized carbons (Fsp3) is 0.273. The van der Waals surface area contributed by atoms with Crippen molar-refractivity contribution >= 4 is 15.9 Å². The van der Waals surface area contributed by atoms with E-state index in [1.165, 1.54) is 0 Å². The minimum Gasteiger partial charge on any atom is -0.361 e. The SMILES string of the molecule is C#CCO[C@H](C)c1ccc(Br)cc1. The van der Waals surface area contributed by atoms with E-state index < -0.39 is 0 Å². The molecule has 0 bridgehead atoms. The van der Waals surface area contributed by atoms with Crippen LogP contribution in [-0.4, -0.2) is 6.61 Å². The number of hydrogen-bond donors (Lipinski definition) is 0. The molecule has 0 spiro atoms. The van der Waals surface area contributed by atoms with E-state index in [4.69, 9.17) is 11.2 Å². The maximum atomic E-state index is 5.37. The van der Waals surface area contributed by atoms with Crippen molar-refractivity contribution in [3.05, 3.63) is 34.3 Å². The van der Waals surface area contributed by atoms with Gasteiger partial charge in [0.05, 0.1) is 6.10 Å². The van der Waals surface area contributed by atoms with Gasteiger partial charge < -0.3 is 4.74 Å². The first kappa shape index (κ1) is 10.3. The van der Waals surface area contributed by atoms with Crippen LogP contribution in [0.25, 0.3) is 0 Å². The molecule has 0 N–H and O–H groups in total. The molecule has 1 aromatic carbocycles. The zero-order chi connectivity index (χ0) is 9.68. The fourth-order valence-electron chi connectivity index (χ4n) is 1.00. The van der Waals surface area contributed by atoms with E-state index in [-0.39, 0.29) is 6.10 Å². The Bertz CT molecular complexity index is 297. The number of terminal acetylenes is 1. The lowest BCUT2D eigenvalue weighted by atomic mass is 10.1. The van der Waals surface area contributed by atoms with Gasteiger partial charge in [0.25, 0.3) is 0 Å². The third-order valence-corrected chi connectivity index (χ3v) is 2.28. The monoisotopic (exact) mass is 238 g/mol. The van der Waals surface area contributed by atoms with Gasteiger partial charge in [-0.05, 0) is 24.6 Å². The Morgan fingerprint density at radius 3 is 2.62 bits per heavy atom. The summed E-state index contributed by atoms with van der Waals surface area (Å²) in [5.74, 6) is 2.45. The quantitative estimate of drug-likeness (QED) is 0.736. The predicted octanol–water partition coefficient (Wildman–Crippen LogP) is 3.16.